The molecule has 2 bridgehead atoms. The van der Waals surface area contributed by atoms with Crippen LogP contribution in [0.3, 0.4) is 0 Å². The minimum atomic E-state index is -0.547. The lowest BCUT2D eigenvalue weighted by molar-refractivity contribution is -0.165. The Morgan fingerprint density at radius 3 is 2.33 bits per heavy atom. The molecule has 5 atom stereocenters. The van der Waals surface area contributed by atoms with E-state index in [9.17, 15) is 4.79 Å². The Labute approximate surface area is 127 Å². The molecule has 21 heavy (non-hydrogen) atoms. The summed E-state index contributed by atoms with van der Waals surface area (Å²) in [6, 6.07) is 10.0. The van der Waals surface area contributed by atoms with Crippen LogP contribution >= 0.6 is 0 Å². The molecule has 0 spiro atoms. The summed E-state index contributed by atoms with van der Waals surface area (Å²) >= 11 is 0. The Bertz CT molecular complexity index is 518. The van der Waals surface area contributed by atoms with Crippen molar-refractivity contribution in [2.24, 2.45) is 29.6 Å². The molecule has 0 amide bonds. The average molecular weight is 286 g/mol. The van der Waals surface area contributed by atoms with E-state index < -0.39 is 5.60 Å². The van der Waals surface area contributed by atoms with Gasteiger partial charge < -0.3 is 4.74 Å². The number of hydrogen-bond acceptors (Lipinski definition) is 2. The molecule has 1 aromatic rings. The highest BCUT2D eigenvalue weighted by Crippen LogP contribution is 2.55. The second-order valence-electron chi connectivity index (χ2n) is 7.52. The standard InChI is InChI=1S/C19H26O2/c1-12-13(2)16-10-14(12)11-17(16)18(20)21-19(3,4)15-8-6-5-7-9-15/h5-9,12-14,16-17H,10-11H2,1-4H3. The van der Waals surface area contributed by atoms with Crippen molar-refractivity contribution in [3.05, 3.63) is 35.9 Å². The zero-order valence-electron chi connectivity index (χ0n) is 13.5. The van der Waals surface area contributed by atoms with Crippen molar-refractivity contribution in [3.63, 3.8) is 0 Å². The summed E-state index contributed by atoms with van der Waals surface area (Å²) in [4.78, 5) is 12.7. The fourth-order valence-corrected chi connectivity index (χ4v) is 4.44. The average Bonchev–Trinajstić information content (AvgIpc) is 3.01. The number of esters is 1. The normalized spacial score (nSPS) is 35.0. The van der Waals surface area contributed by atoms with Gasteiger partial charge in [-0.3, -0.25) is 4.79 Å². The molecule has 0 heterocycles. The highest BCUT2D eigenvalue weighted by Gasteiger charge is 2.52. The van der Waals surface area contributed by atoms with E-state index in [0.717, 1.165) is 23.8 Å². The van der Waals surface area contributed by atoms with Crippen LogP contribution in [0.25, 0.3) is 0 Å². The van der Waals surface area contributed by atoms with Gasteiger partial charge in [-0.1, -0.05) is 44.2 Å². The Hall–Kier alpha value is -1.31. The van der Waals surface area contributed by atoms with E-state index in [1.54, 1.807) is 0 Å². The quantitative estimate of drug-likeness (QED) is 0.770. The summed E-state index contributed by atoms with van der Waals surface area (Å²) in [7, 11) is 0. The first-order chi connectivity index (χ1) is 9.90. The summed E-state index contributed by atoms with van der Waals surface area (Å²) in [5.41, 5.74) is 0.512. The second kappa shape index (κ2) is 5.15. The largest absolute Gasteiger partial charge is 0.455 e. The van der Waals surface area contributed by atoms with Gasteiger partial charge in [0, 0.05) is 0 Å². The summed E-state index contributed by atoms with van der Waals surface area (Å²) in [5, 5.41) is 0. The fourth-order valence-electron chi connectivity index (χ4n) is 4.44. The van der Waals surface area contributed by atoms with Crippen LogP contribution < -0.4 is 0 Å². The van der Waals surface area contributed by atoms with E-state index in [2.05, 4.69) is 13.8 Å². The number of hydrogen-bond donors (Lipinski definition) is 0. The predicted octanol–water partition coefficient (Wildman–Crippen LogP) is 4.39. The summed E-state index contributed by atoms with van der Waals surface area (Å²) in [5.74, 6) is 2.80. The van der Waals surface area contributed by atoms with Crippen molar-refractivity contribution in [1.82, 2.24) is 0 Å². The molecule has 114 valence electrons. The third-order valence-corrected chi connectivity index (χ3v) is 6.02. The van der Waals surface area contributed by atoms with Crippen LogP contribution in [0.15, 0.2) is 30.3 Å². The van der Waals surface area contributed by atoms with Crippen LogP contribution in [0, 0.1) is 29.6 Å². The highest BCUT2D eigenvalue weighted by molar-refractivity contribution is 5.74. The lowest BCUT2D eigenvalue weighted by Gasteiger charge is -2.33. The lowest BCUT2D eigenvalue weighted by atomic mass is 9.76. The van der Waals surface area contributed by atoms with Crippen LogP contribution in [0.2, 0.25) is 0 Å². The molecule has 3 rings (SSSR count). The first kappa shape index (κ1) is 14.6. The van der Waals surface area contributed by atoms with E-state index in [-0.39, 0.29) is 11.9 Å². The second-order valence-corrected chi connectivity index (χ2v) is 7.52. The molecule has 2 heteroatoms. The van der Waals surface area contributed by atoms with Gasteiger partial charge in [-0.25, -0.2) is 0 Å². The van der Waals surface area contributed by atoms with Gasteiger partial charge in [0.15, 0.2) is 0 Å². The molecule has 0 aromatic heterocycles. The monoisotopic (exact) mass is 286 g/mol. The van der Waals surface area contributed by atoms with E-state index in [0.29, 0.717) is 11.8 Å². The number of carbonyl (C=O) groups is 1. The Kier molecular flexibility index (Phi) is 3.59. The van der Waals surface area contributed by atoms with Crippen molar-refractivity contribution in [1.29, 1.82) is 0 Å². The molecular weight excluding hydrogens is 260 g/mol. The summed E-state index contributed by atoms with van der Waals surface area (Å²) < 4.78 is 5.91. The van der Waals surface area contributed by atoms with Gasteiger partial charge in [0.1, 0.15) is 5.60 Å². The molecule has 2 saturated carbocycles. The first-order valence-electron chi connectivity index (χ1n) is 8.18. The molecule has 2 nitrogen and oxygen atoms in total. The van der Waals surface area contributed by atoms with Gasteiger partial charge in [0.05, 0.1) is 5.92 Å². The van der Waals surface area contributed by atoms with Crippen molar-refractivity contribution in [2.45, 2.75) is 46.1 Å². The van der Waals surface area contributed by atoms with Gasteiger partial charge >= 0.3 is 5.97 Å². The maximum atomic E-state index is 12.7. The maximum Gasteiger partial charge on any atom is 0.310 e. The van der Waals surface area contributed by atoms with Gasteiger partial charge in [-0.15, -0.1) is 0 Å². The molecular formula is C19H26O2. The van der Waals surface area contributed by atoms with Crippen LogP contribution in [-0.4, -0.2) is 5.97 Å². The number of ether oxygens (including phenoxy) is 1. The van der Waals surface area contributed by atoms with Crippen LogP contribution in [0.4, 0.5) is 0 Å². The zero-order chi connectivity index (χ0) is 15.2. The summed E-state index contributed by atoms with van der Waals surface area (Å²) in [6.07, 6.45) is 2.24. The number of rotatable bonds is 3. The fraction of sp³-hybridized carbons (Fsp3) is 0.632. The minimum Gasteiger partial charge on any atom is -0.455 e. The minimum absolute atomic E-state index is 0.00935. The third-order valence-electron chi connectivity index (χ3n) is 6.02. The number of benzene rings is 1. The third kappa shape index (κ3) is 2.49. The smallest absolute Gasteiger partial charge is 0.310 e. The van der Waals surface area contributed by atoms with Gasteiger partial charge in [-0.05, 0) is 55.9 Å². The van der Waals surface area contributed by atoms with E-state index in [1.165, 1.54) is 6.42 Å². The first-order valence-corrected chi connectivity index (χ1v) is 8.18. The van der Waals surface area contributed by atoms with Crippen LogP contribution in [0.5, 0.6) is 0 Å². The van der Waals surface area contributed by atoms with Gasteiger partial charge in [0.25, 0.3) is 0 Å². The van der Waals surface area contributed by atoms with E-state index in [4.69, 9.17) is 4.74 Å². The van der Waals surface area contributed by atoms with Crippen LogP contribution in [0.1, 0.15) is 46.1 Å². The Morgan fingerprint density at radius 1 is 1.10 bits per heavy atom. The maximum absolute atomic E-state index is 12.7. The molecule has 5 unspecified atom stereocenters. The molecule has 2 aliphatic rings. The summed E-state index contributed by atoms with van der Waals surface area (Å²) in [6.45, 7) is 8.61. The highest BCUT2D eigenvalue weighted by atomic mass is 16.6. The molecule has 2 aliphatic carbocycles. The van der Waals surface area contributed by atoms with Crippen LogP contribution in [-0.2, 0) is 15.1 Å². The van der Waals surface area contributed by atoms with Crippen molar-refractivity contribution < 1.29 is 9.53 Å². The predicted molar refractivity (Wildman–Crippen MR) is 83.6 cm³/mol. The number of carbonyl (C=O) groups excluding carboxylic acids is 1. The Balaban J connectivity index is 1.70. The topological polar surface area (TPSA) is 26.3 Å². The van der Waals surface area contributed by atoms with E-state index >= 15 is 0 Å². The lowest BCUT2D eigenvalue weighted by Crippen LogP contribution is -2.35. The molecule has 1 aromatic carbocycles. The number of fused-ring (bicyclic) bond motifs is 2. The van der Waals surface area contributed by atoms with Crippen molar-refractivity contribution in [3.8, 4) is 0 Å². The van der Waals surface area contributed by atoms with Crippen molar-refractivity contribution >= 4 is 5.97 Å². The van der Waals surface area contributed by atoms with Gasteiger partial charge in [-0.2, -0.15) is 0 Å². The SMILES string of the molecule is CC1C2CC(C(=O)OC(C)(C)c3ccccc3)C(C2)C1C. The van der Waals surface area contributed by atoms with Crippen molar-refractivity contribution in [2.75, 3.05) is 0 Å². The Morgan fingerprint density at radius 2 is 1.76 bits per heavy atom. The molecule has 0 aliphatic heterocycles. The molecule has 0 saturated heterocycles. The zero-order valence-corrected chi connectivity index (χ0v) is 13.5. The molecule has 2 fully saturated rings. The van der Waals surface area contributed by atoms with Gasteiger partial charge in [0.2, 0.25) is 0 Å². The molecule has 0 N–H and O–H groups in total. The van der Waals surface area contributed by atoms with E-state index in [1.807, 2.05) is 44.2 Å². The molecule has 0 radical (unpaired) electrons.